The number of halogens is 5. The molecule has 7 heteroatoms. The summed E-state index contributed by atoms with van der Waals surface area (Å²) in [4.78, 5) is 3.90. The first kappa shape index (κ1) is 16.1. The Hall–Kier alpha value is -1.72. The molecule has 0 amide bonds. The van der Waals surface area contributed by atoms with E-state index in [0.717, 1.165) is 18.0 Å². The number of aromatic nitrogens is 2. The number of hydrogen-bond donors (Lipinski definition) is 0. The molecule has 3 rings (SSSR count). The fourth-order valence-electron chi connectivity index (χ4n) is 2.40. The molecule has 0 unspecified atom stereocenters. The topological polar surface area (TPSA) is 17.8 Å². The van der Waals surface area contributed by atoms with Crippen LogP contribution < -0.4 is 0 Å². The largest absolute Gasteiger partial charge is 0.417 e. The number of aryl methyl sites for hydroxylation is 1. The summed E-state index contributed by atoms with van der Waals surface area (Å²) in [7, 11) is 1.69. The SMILES string of the molecule is Cn1c(Cc2c(Cl)[c]ccc2Cl)cc2ncc(C(F)(F)F)cc21. The first-order valence-corrected chi connectivity index (χ1v) is 7.39. The zero-order chi connectivity index (χ0) is 16.8. The summed E-state index contributed by atoms with van der Waals surface area (Å²) in [5.41, 5.74) is 1.56. The second kappa shape index (κ2) is 5.73. The molecular weight excluding hydrogens is 348 g/mol. The van der Waals surface area contributed by atoms with E-state index in [0.29, 0.717) is 33.1 Å². The fourth-order valence-corrected chi connectivity index (χ4v) is 2.91. The van der Waals surface area contributed by atoms with Crippen molar-refractivity contribution in [2.24, 2.45) is 7.05 Å². The Morgan fingerprint density at radius 3 is 2.65 bits per heavy atom. The van der Waals surface area contributed by atoms with Gasteiger partial charge in [-0.15, -0.1) is 0 Å². The Kier molecular flexibility index (Phi) is 4.02. The molecular formula is C16H10Cl2F3N2. The molecule has 23 heavy (non-hydrogen) atoms. The van der Waals surface area contributed by atoms with Crippen LogP contribution in [-0.4, -0.2) is 9.55 Å². The number of nitrogens with zero attached hydrogens (tertiary/aromatic N) is 2. The van der Waals surface area contributed by atoms with Crippen LogP contribution in [-0.2, 0) is 19.6 Å². The van der Waals surface area contributed by atoms with E-state index >= 15 is 0 Å². The van der Waals surface area contributed by atoms with E-state index in [2.05, 4.69) is 11.1 Å². The maximum atomic E-state index is 12.8. The third kappa shape index (κ3) is 3.03. The van der Waals surface area contributed by atoms with Gasteiger partial charge in [0.2, 0.25) is 0 Å². The first-order valence-electron chi connectivity index (χ1n) is 6.63. The number of hydrogen-bond acceptors (Lipinski definition) is 1. The molecule has 0 aliphatic rings. The van der Waals surface area contributed by atoms with Gasteiger partial charge >= 0.3 is 6.18 Å². The summed E-state index contributed by atoms with van der Waals surface area (Å²) in [6, 6.07) is 8.96. The maximum Gasteiger partial charge on any atom is 0.417 e. The lowest BCUT2D eigenvalue weighted by molar-refractivity contribution is -0.137. The Bertz CT molecular complexity index is 865. The van der Waals surface area contributed by atoms with Crippen molar-refractivity contribution in [2.45, 2.75) is 12.6 Å². The predicted molar refractivity (Wildman–Crippen MR) is 83.8 cm³/mol. The van der Waals surface area contributed by atoms with Crippen molar-refractivity contribution in [1.82, 2.24) is 9.55 Å². The van der Waals surface area contributed by atoms with Crippen LogP contribution in [0.1, 0.15) is 16.8 Å². The predicted octanol–water partition coefficient (Wildman–Crippen LogP) is 5.29. The van der Waals surface area contributed by atoms with Gasteiger partial charge in [-0.25, -0.2) is 0 Å². The lowest BCUT2D eigenvalue weighted by atomic mass is 10.1. The molecule has 2 nitrogen and oxygen atoms in total. The Balaban J connectivity index is 2.08. The van der Waals surface area contributed by atoms with Crippen molar-refractivity contribution in [3.8, 4) is 0 Å². The minimum atomic E-state index is -4.42. The Morgan fingerprint density at radius 1 is 1.26 bits per heavy atom. The van der Waals surface area contributed by atoms with E-state index < -0.39 is 11.7 Å². The summed E-state index contributed by atoms with van der Waals surface area (Å²) >= 11 is 12.2. The number of benzene rings is 1. The molecule has 1 radical (unpaired) electrons. The van der Waals surface area contributed by atoms with Crippen molar-refractivity contribution in [3.63, 3.8) is 0 Å². The van der Waals surface area contributed by atoms with Crippen LogP contribution in [0.4, 0.5) is 13.2 Å². The van der Waals surface area contributed by atoms with E-state index in [4.69, 9.17) is 23.2 Å². The number of fused-ring (bicyclic) bond motifs is 1. The highest BCUT2D eigenvalue weighted by atomic mass is 35.5. The molecule has 2 heterocycles. The summed E-state index contributed by atoms with van der Waals surface area (Å²) in [5, 5.41) is 0.884. The molecule has 119 valence electrons. The van der Waals surface area contributed by atoms with Gasteiger partial charge in [0.05, 0.1) is 21.6 Å². The van der Waals surface area contributed by atoms with E-state index in [-0.39, 0.29) is 0 Å². The van der Waals surface area contributed by atoms with Gasteiger partial charge in [-0.2, -0.15) is 13.2 Å². The smallest absolute Gasteiger partial charge is 0.346 e. The standard InChI is InChI=1S/C16H10Cl2F3N2/c1-23-10(6-11-12(17)3-2-4-13(11)18)7-14-15(23)5-9(8-22-14)16(19,20)21/h2-3,5,7-8H,6H2,1H3. The van der Waals surface area contributed by atoms with Crippen LogP contribution in [0.15, 0.2) is 30.5 Å². The van der Waals surface area contributed by atoms with E-state index in [9.17, 15) is 13.2 Å². The highest BCUT2D eigenvalue weighted by Gasteiger charge is 2.31. The summed E-state index contributed by atoms with van der Waals surface area (Å²) in [6.07, 6.45) is -3.21. The number of pyridine rings is 1. The molecule has 0 N–H and O–H groups in total. The van der Waals surface area contributed by atoms with Gasteiger partial charge in [-0.3, -0.25) is 4.98 Å². The molecule has 3 aromatic rings. The van der Waals surface area contributed by atoms with Crippen LogP contribution in [0.3, 0.4) is 0 Å². The van der Waals surface area contributed by atoms with Crippen LogP contribution in [0.25, 0.3) is 11.0 Å². The Labute approximate surface area is 140 Å². The highest BCUT2D eigenvalue weighted by molar-refractivity contribution is 6.35. The zero-order valence-electron chi connectivity index (χ0n) is 11.9. The summed E-state index contributed by atoms with van der Waals surface area (Å²) in [5.74, 6) is 0. The normalized spacial score (nSPS) is 12.1. The van der Waals surface area contributed by atoms with Gasteiger partial charge in [0.1, 0.15) is 0 Å². The summed E-state index contributed by atoms with van der Waals surface area (Å²) in [6.45, 7) is 0. The number of alkyl halides is 3. The zero-order valence-corrected chi connectivity index (χ0v) is 13.4. The average Bonchev–Trinajstić information content (AvgIpc) is 2.78. The quantitative estimate of drug-likeness (QED) is 0.609. The third-order valence-electron chi connectivity index (χ3n) is 3.67. The van der Waals surface area contributed by atoms with Gasteiger partial charge in [0.15, 0.2) is 0 Å². The molecule has 0 aliphatic carbocycles. The average molecular weight is 358 g/mol. The number of rotatable bonds is 2. The lowest BCUT2D eigenvalue weighted by Crippen LogP contribution is -2.06. The van der Waals surface area contributed by atoms with Gasteiger partial charge in [-0.05, 0) is 23.8 Å². The minimum Gasteiger partial charge on any atom is -0.346 e. The molecule has 0 fully saturated rings. The molecule has 2 aromatic heterocycles. The van der Waals surface area contributed by atoms with Crippen molar-refractivity contribution >= 4 is 34.2 Å². The molecule has 0 spiro atoms. The summed E-state index contributed by atoms with van der Waals surface area (Å²) < 4.78 is 40.1. The van der Waals surface area contributed by atoms with Crippen LogP contribution >= 0.6 is 23.2 Å². The van der Waals surface area contributed by atoms with Crippen LogP contribution in [0, 0.1) is 6.07 Å². The first-order chi connectivity index (χ1) is 10.8. The van der Waals surface area contributed by atoms with Gasteiger partial charge in [0, 0.05) is 36.4 Å². The van der Waals surface area contributed by atoms with Gasteiger partial charge < -0.3 is 4.57 Å². The molecule has 0 saturated heterocycles. The molecule has 0 saturated carbocycles. The fraction of sp³-hybridized carbons (Fsp3) is 0.188. The Morgan fingerprint density at radius 2 is 2.00 bits per heavy atom. The molecule has 1 aromatic carbocycles. The van der Waals surface area contributed by atoms with Crippen molar-refractivity contribution in [3.05, 3.63) is 63.4 Å². The third-order valence-corrected chi connectivity index (χ3v) is 4.36. The van der Waals surface area contributed by atoms with Crippen molar-refractivity contribution in [2.75, 3.05) is 0 Å². The second-order valence-corrected chi connectivity index (χ2v) is 5.90. The lowest BCUT2D eigenvalue weighted by Gasteiger charge is -2.09. The van der Waals surface area contributed by atoms with Crippen molar-refractivity contribution < 1.29 is 13.2 Å². The second-order valence-electron chi connectivity index (χ2n) is 5.12. The molecule has 0 atom stereocenters. The van der Waals surface area contributed by atoms with Gasteiger partial charge in [-0.1, -0.05) is 29.3 Å². The van der Waals surface area contributed by atoms with Gasteiger partial charge in [0.25, 0.3) is 0 Å². The highest BCUT2D eigenvalue weighted by Crippen LogP contribution is 2.32. The molecule has 0 aliphatic heterocycles. The van der Waals surface area contributed by atoms with Crippen LogP contribution in [0.2, 0.25) is 10.0 Å². The van der Waals surface area contributed by atoms with E-state index in [1.54, 1.807) is 29.8 Å². The minimum absolute atomic E-state index is 0.378. The molecule has 0 bridgehead atoms. The monoisotopic (exact) mass is 357 g/mol. The van der Waals surface area contributed by atoms with Crippen molar-refractivity contribution in [1.29, 1.82) is 0 Å². The van der Waals surface area contributed by atoms with E-state index in [1.165, 1.54) is 0 Å². The maximum absolute atomic E-state index is 12.8. The van der Waals surface area contributed by atoms with Crippen LogP contribution in [0.5, 0.6) is 0 Å². The van der Waals surface area contributed by atoms with E-state index in [1.807, 2.05) is 0 Å².